The van der Waals surface area contributed by atoms with Gasteiger partial charge in [-0.2, -0.15) is 0 Å². The molecule has 86 valence electrons. The van der Waals surface area contributed by atoms with Crippen LogP contribution in [0.25, 0.3) is 0 Å². The largest absolute Gasteiger partial charge is 0.504 e. The van der Waals surface area contributed by atoms with Gasteiger partial charge in [-0.3, -0.25) is 4.79 Å². The number of hydrogen-bond donors (Lipinski definition) is 2. The number of rotatable bonds is 3. The number of Topliss-reactive ketones (excluding diaryl/α,β-unsaturated/α-hetero) is 1. The van der Waals surface area contributed by atoms with Gasteiger partial charge in [0.2, 0.25) is 0 Å². The van der Waals surface area contributed by atoms with Crippen LogP contribution in [0.15, 0.2) is 6.07 Å². The zero-order valence-corrected chi connectivity index (χ0v) is 7.95. The minimum absolute atomic E-state index is 0.503. The molecule has 0 heterocycles. The van der Waals surface area contributed by atoms with Crippen molar-refractivity contribution in [3.63, 3.8) is 0 Å². The van der Waals surface area contributed by atoms with Crippen molar-refractivity contribution in [1.82, 2.24) is 0 Å². The van der Waals surface area contributed by atoms with Crippen molar-refractivity contribution in [3.05, 3.63) is 23.3 Å². The maximum Gasteiger partial charge on any atom is 0.377 e. The van der Waals surface area contributed by atoms with Gasteiger partial charge in [-0.15, -0.1) is 0 Å². The van der Waals surface area contributed by atoms with Gasteiger partial charge in [0.1, 0.15) is 5.56 Å². The molecule has 0 amide bonds. The SMILES string of the molecule is COc1cc(F)c(F)c(C(=O)C(=O)O)c1O. The lowest BCUT2D eigenvalue weighted by Crippen LogP contribution is -2.16. The number of halogens is 2. The van der Waals surface area contributed by atoms with Crippen molar-refractivity contribution >= 4 is 11.8 Å². The summed E-state index contributed by atoms with van der Waals surface area (Å²) in [5.74, 6) is -8.56. The third-order valence-electron chi connectivity index (χ3n) is 1.80. The van der Waals surface area contributed by atoms with Crippen molar-refractivity contribution in [2.75, 3.05) is 7.11 Å². The van der Waals surface area contributed by atoms with Gasteiger partial charge < -0.3 is 14.9 Å². The lowest BCUT2D eigenvalue weighted by molar-refractivity contribution is -0.131. The number of hydrogen-bond acceptors (Lipinski definition) is 4. The van der Waals surface area contributed by atoms with E-state index in [9.17, 15) is 23.5 Å². The minimum atomic E-state index is -2.01. The normalized spacial score (nSPS) is 9.94. The van der Waals surface area contributed by atoms with Gasteiger partial charge in [-0.1, -0.05) is 0 Å². The molecule has 0 bridgehead atoms. The van der Waals surface area contributed by atoms with Crippen LogP contribution < -0.4 is 4.74 Å². The number of carbonyl (C=O) groups excluding carboxylic acids is 1. The predicted octanol–water partition coefficient (Wildman–Crippen LogP) is 0.946. The predicted molar refractivity (Wildman–Crippen MR) is 46.5 cm³/mol. The van der Waals surface area contributed by atoms with Crippen LogP contribution in [-0.2, 0) is 4.79 Å². The molecule has 0 saturated carbocycles. The number of methoxy groups -OCH3 is 1. The number of phenolic OH excluding ortho intramolecular Hbond substituents is 1. The highest BCUT2D eigenvalue weighted by molar-refractivity contribution is 6.40. The van der Waals surface area contributed by atoms with E-state index < -0.39 is 40.4 Å². The highest BCUT2D eigenvalue weighted by Crippen LogP contribution is 2.33. The topological polar surface area (TPSA) is 83.8 Å². The molecule has 1 rings (SSSR count). The average molecular weight is 232 g/mol. The molecule has 0 aliphatic heterocycles. The van der Waals surface area contributed by atoms with Crippen LogP contribution in [0.2, 0.25) is 0 Å². The maximum atomic E-state index is 13.1. The molecule has 0 aromatic heterocycles. The monoisotopic (exact) mass is 232 g/mol. The summed E-state index contributed by atoms with van der Waals surface area (Å²) >= 11 is 0. The van der Waals surface area contributed by atoms with Crippen LogP contribution in [0.5, 0.6) is 11.5 Å². The third kappa shape index (κ3) is 1.79. The molecular formula is C9H6F2O5. The van der Waals surface area contributed by atoms with E-state index in [-0.39, 0.29) is 0 Å². The molecule has 2 N–H and O–H groups in total. The van der Waals surface area contributed by atoms with E-state index >= 15 is 0 Å². The summed E-state index contributed by atoms with van der Waals surface area (Å²) in [5, 5.41) is 17.6. The van der Waals surface area contributed by atoms with E-state index in [1.54, 1.807) is 0 Å². The van der Waals surface area contributed by atoms with Gasteiger partial charge in [-0.25, -0.2) is 13.6 Å². The molecule has 0 aliphatic carbocycles. The lowest BCUT2D eigenvalue weighted by Gasteiger charge is -2.08. The van der Waals surface area contributed by atoms with Crippen LogP contribution in [0, 0.1) is 11.6 Å². The minimum Gasteiger partial charge on any atom is -0.504 e. The molecule has 0 radical (unpaired) electrons. The Kier molecular flexibility index (Phi) is 3.07. The summed E-state index contributed by atoms with van der Waals surface area (Å²) in [6, 6.07) is 0.503. The van der Waals surface area contributed by atoms with Gasteiger partial charge in [0.15, 0.2) is 23.1 Å². The van der Waals surface area contributed by atoms with Gasteiger partial charge >= 0.3 is 5.97 Å². The fourth-order valence-electron chi connectivity index (χ4n) is 1.06. The summed E-state index contributed by atoms with van der Waals surface area (Å²) in [6.07, 6.45) is 0. The summed E-state index contributed by atoms with van der Waals surface area (Å²) in [6.45, 7) is 0. The zero-order valence-electron chi connectivity index (χ0n) is 7.95. The Morgan fingerprint density at radius 2 is 1.94 bits per heavy atom. The molecule has 0 fully saturated rings. The second-order valence-corrected chi connectivity index (χ2v) is 2.73. The van der Waals surface area contributed by atoms with Crippen LogP contribution in [0.1, 0.15) is 10.4 Å². The van der Waals surface area contributed by atoms with E-state index in [0.717, 1.165) is 7.11 Å². The molecule has 1 aromatic carbocycles. The van der Waals surface area contributed by atoms with Gasteiger partial charge in [-0.05, 0) is 0 Å². The molecule has 7 heteroatoms. The quantitative estimate of drug-likeness (QED) is 0.598. The van der Waals surface area contributed by atoms with E-state index in [0.29, 0.717) is 6.07 Å². The Labute approximate surface area is 87.9 Å². The number of phenols is 1. The average Bonchev–Trinajstić information content (AvgIpc) is 2.23. The Balaban J connectivity index is 3.53. The zero-order chi connectivity index (χ0) is 12.5. The number of ether oxygens (including phenoxy) is 1. The van der Waals surface area contributed by atoms with Crippen molar-refractivity contribution in [2.45, 2.75) is 0 Å². The lowest BCUT2D eigenvalue weighted by atomic mass is 10.1. The molecule has 0 unspecified atom stereocenters. The highest BCUT2D eigenvalue weighted by Gasteiger charge is 2.28. The van der Waals surface area contributed by atoms with Crippen LogP contribution in [0.3, 0.4) is 0 Å². The van der Waals surface area contributed by atoms with Gasteiger partial charge in [0.05, 0.1) is 7.11 Å². The van der Waals surface area contributed by atoms with Crippen LogP contribution >= 0.6 is 0 Å². The molecular weight excluding hydrogens is 226 g/mol. The fourth-order valence-corrected chi connectivity index (χ4v) is 1.06. The van der Waals surface area contributed by atoms with E-state index in [1.165, 1.54) is 0 Å². The van der Waals surface area contributed by atoms with E-state index in [4.69, 9.17) is 5.11 Å². The van der Waals surface area contributed by atoms with E-state index in [2.05, 4.69) is 4.74 Å². The highest BCUT2D eigenvalue weighted by atomic mass is 19.2. The smallest absolute Gasteiger partial charge is 0.377 e. The standard InChI is InChI=1S/C9H6F2O5/c1-16-4-2-3(10)6(11)5(7(4)12)8(13)9(14)15/h2,12H,1H3,(H,14,15). The Hall–Kier alpha value is -2.18. The second-order valence-electron chi connectivity index (χ2n) is 2.73. The van der Waals surface area contributed by atoms with Gasteiger partial charge in [0.25, 0.3) is 5.78 Å². The Morgan fingerprint density at radius 1 is 1.38 bits per heavy atom. The van der Waals surface area contributed by atoms with Crippen molar-refractivity contribution in [1.29, 1.82) is 0 Å². The van der Waals surface area contributed by atoms with Crippen molar-refractivity contribution in [3.8, 4) is 11.5 Å². The Bertz CT molecular complexity index is 469. The number of carboxylic acid groups (broad SMARTS) is 1. The van der Waals surface area contributed by atoms with Crippen molar-refractivity contribution in [2.24, 2.45) is 0 Å². The summed E-state index contributed by atoms with van der Waals surface area (Å²) in [4.78, 5) is 21.3. The number of benzene rings is 1. The third-order valence-corrected chi connectivity index (χ3v) is 1.80. The van der Waals surface area contributed by atoms with E-state index in [1.807, 2.05) is 0 Å². The number of carboxylic acids is 1. The first-order valence-electron chi connectivity index (χ1n) is 3.92. The number of ketones is 1. The number of carbonyl (C=O) groups is 2. The molecule has 0 saturated heterocycles. The molecule has 0 spiro atoms. The summed E-state index contributed by atoms with van der Waals surface area (Å²) < 4.78 is 30.5. The van der Waals surface area contributed by atoms with Crippen molar-refractivity contribution < 1.29 is 33.3 Å². The molecule has 5 nitrogen and oxygen atoms in total. The first kappa shape index (κ1) is 11.9. The van der Waals surface area contributed by atoms with Crippen LogP contribution in [0.4, 0.5) is 8.78 Å². The fraction of sp³-hybridized carbons (Fsp3) is 0.111. The second kappa shape index (κ2) is 4.13. The first-order chi connectivity index (χ1) is 7.40. The maximum absolute atomic E-state index is 13.1. The molecule has 16 heavy (non-hydrogen) atoms. The number of aliphatic carboxylic acids is 1. The molecule has 0 aliphatic rings. The van der Waals surface area contributed by atoms with Crippen LogP contribution in [-0.4, -0.2) is 29.1 Å². The Morgan fingerprint density at radius 3 is 2.38 bits per heavy atom. The summed E-state index contributed by atoms with van der Waals surface area (Å²) in [5.41, 5.74) is -1.26. The molecule has 0 atom stereocenters. The summed E-state index contributed by atoms with van der Waals surface area (Å²) in [7, 11) is 1.04. The number of aromatic hydroxyl groups is 1. The molecule has 1 aromatic rings. The van der Waals surface area contributed by atoms with Gasteiger partial charge in [0, 0.05) is 6.07 Å². The first-order valence-corrected chi connectivity index (χ1v) is 3.92.